The molecule has 1 aromatic rings. The van der Waals surface area contributed by atoms with Gasteiger partial charge in [0.2, 0.25) is 6.79 Å². The van der Waals surface area contributed by atoms with E-state index in [-0.39, 0.29) is 0 Å². The van der Waals surface area contributed by atoms with E-state index in [0.29, 0.717) is 6.79 Å². The van der Waals surface area contributed by atoms with Crippen LogP contribution in [0.2, 0.25) is 0 Å². The molecule has 0 amide bonds. The fraction of sp³-hybridized carbons (Fsp3) is 0.500. The summed E-state index contributed by atoms with van der Waals surface area (Å²) in [5.74, 6) is 2.71. The van der Waals surface area contributed by atoms with E-state index in [4.69, 9.17) is 9.47 Å². The van der Waals surface area contributed by atoms with Crippen LogP contribution < -0.4 is 14.8 Å². The van der Waals surface area contributed by atoms with Crippen LogP contribution in [0.5, 0.6) is 11.5 Å². The Morgan fingerprint density at radius 1 is 1.27 bits per heavy atom. The van der Waals surface area contributed by atoms with Crippen molar-refractivity contribution in [3.8, 4) is 11.5 Å². The minimum absolute atomic E-state index is 0.356. The Labute approximate surface area is 89.4 Å². The molecule has 3 rings (SSSR count). The maximum Gasteiger partial charge on any atom is 0.231 e. The molecular formula is C12H15NO2. The van der Waals surface area contributed by atoms with Crippen molar-refractivity contribution in [3.05, 3.63) is 23.8 Å². The molecular weight excluding hydrogens is 190 g/mol. The Kier molecular flexibility index (Phi) is 2.25. The molecule has 1 N–H and O–H groups in total. The summed E-state index contributed by atoms with van der Waals surface area (Å²) in [6, 6.07) is 6.06. The summed E-state index contributed by atoms with van der Waals surface area (Å²) in [7, 11) is 0. The molecule has 15 heavy (non-hydrogen) atoms. The highest BCUT2D eigenvalue weighted by Gasteiger charge is 2.21. The van der Waals surface area contributed by atoms with Gasteiger partial charge >= 0.3 is 0 Å². The molecule has 2 aliphatic rings. The second-order valence-electron chi connectivity index (χ2n) is 4.23. The number of para-hydroxylation sites is 1. The molecule has 0 saturated heterocycles. The van der Waals surface area contributed by atoms with Gasteiger partial charge in [0, 0.05) is 12.1 Å². The first kappa shape index (κ1) is 9.04. The van der Waals surface area contributed by atoms with Gasteiger partial charge in [0.15, 0.2) is 11.5 Å². The van der Waals surface area contributed by atoms with E-state index in [2.05, 4.69) is 11.4 Å². The molecule has 0 radical (unpaired) electrons. The minimum Gasteiger partial charge on any atom is -0.454 e. The molecule has 0 atom stereocenters. The molecule has 1 heterocycles. The molecule has 1 saturated carbocycles. The van der Waals surface area contributed by atoms with Crippen LogP contribution in [-0.2, 0) is 6.54 Å². The maximum absolute atomic E-state index is 5.44. The highest BCUT2D eigenvalue weighted by molar-refractivity contribution is 5.48. The van der Waals surface area contributed by atoms with Gasteiger partial charge in [0.1, 0.15) is 0 Å². The van der Waals surface area contributed by atoms with Crippen LogP contribution in [0.25, 0.3) is 0 Å². The predicted molar refractivity (Wildman–Crippen MR) is 57.0 cm³/mol. The lowest BCUT2D eigenvalue weighted by Crippen LogP contribution is -2.16. The monoisotopic (exact) mass is 205 g/mol. The van der Waals surface area contributed by atoms with Gasteiger partial charge in [0.25, 0.3) is 0 Å². The van der Waals surface area contributed by atoms with Crippen molar-refractivity contribution in [2.24, 2.45) is 5.92 Å². The summed E-state index contributed by atoms with van der Waals surface area (Å²) in [6.45, 7) is 2.36. The predicted octanol–water partition coefficient (Wildman–Crippen LogP) is 1.91. The number of hydrogen-bond donors (Lipinski definition) is 1. The fourth-order valence-corrected chi connectivity index (χ4v) is 1.86. The van der Waals surface area contributed by atoms with Gasteiger partial charge in [-0.3, -0.25) is 0 Å². The first-order valence-electron chi connectivity index (χ1n) is 5.52. The Bertz CT molecular complexity index is 361. The summed E-state index contributed by atoms with van der Waals surface area (Å²) < 4.78 is 10.8. The molecule has 3 nitrogen and oxygen atoms in total. The summed E-state index contributed by atoms with van der Waals surface area (Å²) >= 11 is 0. The Morgan fingerprint density at radius 2 is 2.20 bits per heavy atom. The van der Waals surface area contributed by atoms with Crippen LogP contribution in [0.15, 0.2) is 18.2 Å². The molecule has 80 valence electrons. The van der Waals surface area contributed by atoms with E-state index < -0.39 is 0 Å². The Balaban J connectivity index is 1.65. The number of benzene rings is 1. The standard InChI is InChI=1S/C12H15NO2/c1-2-10(7-13-6-9-4-5-9)12-11(3-1)14-8-15-12/h1-3,9,13H,4-8H2. The minimum atomic E-state index is 0.356. The first-order chi connectivity index (χ1) is 7.43. The van der Waals surface area contributed by atoms with Crippen molar-refractivity contribution in [3.63, 3.8) is 0 Å². The van der Waals surface area contributed by atoms with Crippen LogP contribution in [0.4, 0.5) is 0 Å². The molecule has 0 bridgehead atoms. The number of hydrogen-bond acceptors (Lipinski definition) is 3. The van der Waals surface area contributed by atoms with Gasteiger partial charge in [-0.1, -0.05) is 12.1 Å². The SMILES string of the molecule is c1cc(CNCC2CC2)c2c(c1)OCO2. The summed E-state index contributed by atoms with van der Waals surface area (Å²) in [6.07, 6.45) is 2.78. The number of rotatable bonds is 4. The van der Waals surface area contributed by atoms with E-state index in [0.717, 1.165) is 30.5 Å². The van der Waals surface area contributed by atoms with Crippen molar-refractivity contribution in [2.75, 3.05) is 13.3 Å². The van der Waals surface area contributed by atoms with Gasteiger partial charge in [-0.05, 0) is 31.4 Å². The zero-order valence-electron chi connectivity index (χ0n) is 8.66. The van der Waals surface area contributed by atoms with E-state index in [1.165, 1.54) is 18.4 Å². The quantitative estimate of drug-likeness (QED) is 0.814. The average molecular weight is 205 g/mol. The molecule has 1 aliphatic heterocycles. The van der Waals surface area contributed by atoms with Gasteiger partial charge < -0.3 is 14.8 Å². The number of nitrogens with one attached hydrogen (secondary N) is 1. The average Bonchev–Trinajstić information content (AvgIpc) is 2.95. The lowest BCUT2D eigenvalue weighted by Gasteiger charge is -2.06. The molecule has 3 heteroatoms. The molecule has 1 fully saturated rings. The Morgan fingerprint density at radius 3 is 3.07 bits per heavy atom. The highest BCUT2D eigenvalue weighted by Crippen LogP contribution is 2.35. The summed E-state index contributed by atoms with van der Waals surface area (Å²) in [4.78, 5) is 0. The van der Waals surface area contributed by atoms with Crippen LogP contribution in [0.3, 0.4) is 0 Å². The van der Waals surface area contributed by atoms with E-state index in [9.17, 15) is 0 Å². The largest absolute Gasteiger partial charge is 0.454 e. The van der Waals surface area contributed by atoms with Gasteiger partial charge in [-0.25, -0.2) is 0 Å². The zero-order valence-corrected chi connectivity index (χ0v) is 8.66. The van der Waals surface area contributed by atoms with Crippen LogP contribution in [0.1, 0.15) is 18.4 Å². The summed E-state index contributed by atoms with van der Waals surface area (Å²) in [5.41, 5.74) is 1.20. The lowest BCUT2D eigenvalue weighted by molar-refractivity contribution is 0.173. The summed E-state index contributed by atoms with van der Waals surface area (Å²) in [5, 5.41) is 3.46. The fourth-order valence-electron chi connectivity index (χ4n) is 1.86. The number of ether oxygens (including phenoxy) is 2. The van der Waals surface area contributed by atoms with Crippen LogP contribution >= 0.6 is 0 Å². The molecule has 0 spiro atoms. The van der Waals surface area contributed by atoms with Crippen LogP contribution in [0, 0.1) is 5.92 Å². The molecule has 0 aromatic heterocycles. The van der Waals surface area contributed by atoms with Crippen molar-refractivity contribution < 1.29 is 9.47 Å². The van der Waals surface area contributed by atoms with E-state index in [1.54, 1.807) is 0 Å². The zero-order chi connectivity index (χ0) is 10.1. The van der Waals surface area contributed by atoms with Crippen molar-refractivity contribution >= 4 is 0 Å². The smallest absolute Gasteiger partial charge is 0.231 e. The second kappa shape index (κ2) is 3.74. The highest BCUT2D eigenvalue weighted by atomic mass is 16.7. The molecule has 0 unspecified atom stereocenters. The number of fused-ring (bicyclic) bond motifs is 1. The molecule has 1 aromatic carbocycles. The Hall–Kier alpha value is -1.22. The van der Waals surface area contributed by atoms with Crippen molar-refractivity contribution in [1.29, 1.82) is 0 Å². The van der Waals surface area contributed by atoms with E-state index in [1.807, 2.05) is 12.1 Å². The third-order valence-electron chi connectivity index (χ3n) is 2.92. The van der Waals surface area contributed by atoms with Gasteiger partial charge in [-0.2, -0.15) is 0 Å². The van der Waals surface area contributed by atoms with Gasteiger partial charge in [0.05, 0.1) is 0 Å². The van der Waals surface area contributed by atoms with Crippen molar-refractivity contribution in [1.82, 2.24) is 5.32 Å². The van der Waals surface area contributed by atoms with Crippen molar-refractivity contribution in [2.45, 2.75) is 19.4 Å². The third-order valence-corrected chi connectivity index (χ3v) is 2.92. The second-order valence-corrected chi connectivity index (χ2v) is 4.23. The molecule has 1 aliphatic carbocycles. The topological polar surface area (TPSA) is 30.5 Å². The lowest BCUT2D eigenvalue weighted by atomic mass is 10.2. The maximum atomic E-state index is 5.44. The normalized spacial score (nSPS) is 18.1. The third kappa shape index (κ3) is 1.92. The van der Waals surface area contributed by atoms with Gasteiger partial charge in [-0.15, -0.1) is 0 Å². The van der Waals surface area contributed by atoms with E-state index >= 15 is 0 Å². The van der Waals surface area contributed by atoms with Crippen LogP contribution in [-0.4, -0.2) is 13.3 Å². The first-order valence-corrected chi connectivity index (χ1v) is 5.52.